The van der Waals surface area contributed by atoms with Crippen LogP contribution in [0, 0.1) is 13.8 Å². The Kier molecular flexibility index (Phi) is 5.39. The van der Waals surface area contributed by atoms with Gasteiger partial charge in [-0.2, -0.15) is 0 Å². The van der Waals surface area contributed by atoms with Crippen LogP contribution in [0.15, 0.2) is 29.0 Å². The Bertz CT molecular complexity index is 564. The van der Waals surface area contributed by atoms with E-state index in [0.29, 0.717) is 6.04 Å². The number of aryl methyl sites for hydroxylation is 2. The first-order valence-electron chi connectivity index (χ1n) is 7.36. The lowest BCUT2D eigenvalue weighted by Crippen LogP contribution is -2.26. The fraction of sp³-hybridized carbons (Fsp3) is 0.471. The van der Waals surface area contributed by atoms with E-state index in [9.17, 15) is 0 Å². The number of aromatic nitrogens is 1. The standard InChI is InChI=1S/C17H24N2O2/c1-12-10-19-16(14(3)17(12)20-4)11-18-13(2)7-8-15-6-5-9-21-15/h5-6,9-10,13,18H,7-8,11H2,1-4H3. The molecule has 2 rings (SSSR count). The van der Waals surface area contributed by atoms with E-state index in [4.69, 9.17) is 9.15 Å². The van der Waals surface area contributed by atoms with Gasteiger partial charge in [0.15, 0.2) is 0 Å². The number of hydrogen-bond acceptors (Lipinski definition) is 4. The quantitative estimate of drug-likeness (QED) is 0.848. The molecule has 0 aliphatic carbocycles. The van der Waals surface area contributed by atoms with Crippen molar-refractivity contribution in [2.24, 2.45) is 0 Å². The molecule has 1 unspecified atom stereocenters. The first-order chi connectivity index (χ1) is 10.1. The lowest BCUT2D eigenvalue weighted by molar-refractivity contribution is 0.405. The number of nitrogens with zero attached hydrogens (tertiary/aromatic N) is 1. The molecule has 1 N–H and O–H groups in total. The predicted molar refractivity (Wildman–Crippen MR) is 83.6 cm³/mol. The number of methoxy groups -OCH3 is 1. The number of hydrogen-bond donors (Lipinski definition) is 1. The zero-order chi connectivity index (χ0) is 15.2. The van der Waals surface area contributed by atoms with Crippen molar-refractivity contribution in [3.63, 3.8) is 0 Å². The summed E-state index contributed by atoms with van der Waals surface area (Å²) in [6.07, 6.45) is 5.58. The van der Waals surface area contributed by atoms with Gasteiger partial charge in [0, 0.05) is 36.3 Å². The maximum absolute atomic E-state index is 5.44. The van der Waals surface area contributed by atoms with E-state index < -0.39 is 0 Å². The molecule has 114 valence electrons. The first kappa shape index (κ1) is 15.6. The normalized spacial score (nSPS) is 12.4. The minimum atomic E-state index is 0.406. The minimum Gasteiger partial charge on any atom is -0.496 e. The van der Waals surface area contributed by atoms with Crippen LogP contribution in [-0.2, 0) is 13.0 Å². The van der Waals surface area contributed by atoms with Crippen molar-refractivity contribution in [2.75, 3.05) is 7.11 Å². The molecule has 2 heterocycles. The van der Waals surface area contributed by atoms with Gasteiger partial charge in [-0.1, -0.05) is 0 Å². The number of pyridine rings is 1. The summed E-state index contributed by atoms with van der Waals surface area (Å²) in [5.41, 5.74) is 3.23. The van der Waals surface area contributed by atoms with Crippen molar-refractivity contribution in [2.45, 2.75) is 46.2 Å². The molecule has 0 aliphatic rings. The highest BCUT2D eigenvalue weighted by Crippen LogP contribution is 2.23. The second-order valence-corrected chi connectivity index (χ2v) is 5.45. The zero-order valence-corrected chi connectivity index (χ0v) is 13.3. The summed E-state index contributed by atoms with van der Waals surface area (Å²) in [5, 5.41) is 3.51. The van der Waals surface area contributed by atoms with Crippen molar-refractivity contribution in [1.29, 1.82) is 0 Å². The zero-order valence-electron chi connectivity index (χ0n) is 13.3. The fourth-order valence-electron chi connectivity index (χ4n) is 2.44. The molecule has 0 spiro atoms. The molecule has 2 aromatic heterocycles. The minimum absolute atomic E-state index is 0.406. The number of ether oxygens (including phenoxy) is 1. The van der Waals surface area contributed by atoms with Gasteiger partial charge in [0.05, 0.1) is 19.1 Å². The Balaban J connectivity index is 1.87. The van der Waals surface area contributed by atoms with Crippen LogP contribution >= 0.6 is 0 Å². The van der Waals surface area contributed by atoms with Crippen molar-refractivity contribution >= 4 is 0 Å². The molecule has 0 aromatic carbocycles. The summed E-state index contributed by atoms with van der Waals surface area (Å²) in [6.45, 7) is 7.01. The maximum Gasteiger partial charge on any atom is 0.128 e. The first-order valence-corrected chi connectivity index (χ1v) is 7.36. The smallest absolute Gasteiger partial charge is 0.128 e. The summed E-state index contributed by atoms with van der Waals surface area (Å²) in [4.78, 5) is 4.51. The SMILES string of the molecule is COc1c(C)cnc(CNC(C)CCc2ccco2)c1C. The second-order valence-electron chi connectivity index (χ2n) is 5.45. The van der Waals surface area contributed by atoms with E-state index in [1.807, 2.05) is 25.3 Å². The molecular formula is C17H24N2O2. The highest BCUT2D eigenvalue weighted by molar-refractivity contribution is 5.40. The Morgan fingerprint density at radius 1 is 1.38 bits per heavy atom. The molecule has 0 saturated carbocycles. The average Bonchev–Trinajstić information content (AvgIpc) is 2.98. The maximum atomic E-state index is 5.44. The van der Waals surface area contributed by atoms with Crippen LogP contribution < -0.4 is 10.1 Å². The Labute approximate surface area is 126 Å². The molecule has 0 radical (unpaired) electrons. The monoisotopic (exact) mass is 288 g/mol. The number of furan rings is 1. The van der Waals surface area contributed by atoms with Gasteiger partial charge in [0.2, 0.25) is 0 Å². The topological polar surface area (TPSA) is 47.3 Å². The number of nitrogens with one attached hydrogen (secondary N) is 1. The summed E-state index contributed by atoms with van der Waals surface area (Å²) < 4.78 is 10.8. The van der Waals surface area contributed by atoms with Gasteiger partial charge in [-0.15, -0.1) is 0 Å². The predicted octanol–water partition coefficient (Wildman–Crippen LogP) is 3.41. The third kappa shape index (κ3) is 4.08. The van der Waals surface area contributed by atoms with E-state index in [-0.39, 0.29) is 0 Å². The summed E-state index contributed by atoms with van der Waals surface area (Å²) in [5.74, 6) is 1.97. The molecule has 0 amide bonds. The lowest BCUT2D eigenvalue weighted by Gasteiger charge is -2.16. The fourth-order valence-corrected chi connectivity index (χ4v) is 2.44. The van der Waals surface area contributed by atoms with Crippen molar-refractivity contribution in [3.05, 3.63) is 47.2 Å². The van der Waals surface area contributed by atoms with Crippen molar-refractivity contribution < 1.29 is 9.15 Å². The lowest BCUT2D eigenvalue weighted by atomic mass is 10.1. The molecule has 2 aromatic rings. The molecule has 0 aliphatic heterocycles. The van der Waals surface area contributed by atoms with Gasteiger partial charge in [0.25, 0.3) is 0 Å². The van der Waals surface area contributed by atoms with E-state index in [2.05, 4.69) is 24.1 Å². The Hall–Kier alpha value is -1.81. The summed E-state index contributed by atoms with van der Waals surface area (Å²) in [7, 11) is 1.71. The van der Waals surface area contributed by atoms with Gasteiger partial charge in [-0.25, -0.2) is 0 Å². The van der Waals surface area contributed by atoms with Crippen LogP contribution in [0.5, 0.6) is 5.75 Å². The van der Waals surface area contributed by atoms with Gasteiger partial charge < -0.3 is 14.5 Å². The van der Waals surface area contributed by atoms with Crippen molar-refractivity contribution in [3.8, 4) is 5.75 Å². The Morgan fingerprint density at radius 3 is 2.86 bits per heavy atom. The van der Waals surface area contributed by atoms with Gasteiger partial charge in [-0.05, 0) is 39.3 Å². The third-order valence-corrected chi connectivity index (χ3v) is 3.77. The summed E-state index contributed by atoms with van der Waals surface area (Å²) in [6, 6.07) is 4.35. The van der Waals surface area contributed by atoms with Crippen LogP contribution in [0.25, 0.3) is 0 Å². The van der Waals surface area contributed by atoms with E-state index in [1.54, 1.807) is 13.4 Å². The Morgan fingerprint density at radius 2 is 2.19 bits per heavy atom. The molecule has 21 heavy (non-hydrogen) atoms. The van der Waals surface area contributed by atoms with Gasteiger partial charge in [-0.3, -0.25) is 4.98 Å². The largest absolute Gasteiger partial charge is 0.496 e. The number of rotatable bonds is 7. The van der Waals surface area contributed by atoms with E-state index >= 15 is 0 Å². The second kappa shape index (κ2) is 7.27. The van der Waals surface area contributed by atoms with Crippen molar-refractivity contribution in [1.82, 2.24) is 10.3 Å². The van der Waals surface area contributed by atoms with Crippen LogP contribution in [0.4, 0.5) is 0 Å². The average molecular weight is 288 g/mol. The molecule has 0 saturated heterocycles. The van der Waals surface area contributed by atoms with Gasteiger partial charge in [0.1, 0.15) is 11.5 Å². The highest BCUT2D eigenvalue weighted by Gasteiger charge is 2.10. The van der Waals surface area contributed by atoms with Crippen LogP contribution in [-0.4, -0.2) is 18.1 Å². The van der Waals surface area contributed by atoms with E-state index in [0.717, 1.165) is 47.7 Å². The molecule has 4 heteroatoms. The van der Waals surface area contributed by atoms with Crippen LogP contribution in [0.2, 0.25) is 0 Å². The molecule has 4 nitrogen and oxygen atoms in total. The van der Waals surface area contributed by atoms with E-state index in [1.165, 1.54) is 0 Å². The van der Waals surface area contributed by atoms with Gasteiger partial charge >= 0.3 is 0 Å². The summed E-state index contributed by atoms with van der Waals surface area (Å²) >= 11 is 0. The molecule has 0 bridgehead atoms. The third-order valence-electron chi connectivity index (χ3n) is 3.77. The van der Waals surface area contributed by atoms with Crippen LogP contribution in [0.3, 0.4) is 0 Å². The molecule has 1 atom stereocenters. The molecule has 0 fully saturated rings. The highest BCUT2D eigenvalue weighted by atomic mass is 16.5. The molecular weight excluding hydrogens is 264 g/mol. The van der Waals surface area contributed by atoms with Crippen LogP contribution in [0.1, 0.15) is 35.9 Å².